The van der Waals surface area contributed by atoms with Crippen LogP contribution in [0.1, 0.15) is 253 Å². The second-order valence-corrected chi connectivity index (χ2v) is 25.8. The highest BCUT2D eigenvalue weighted by molar-refractivity contribution is 9.10. The fourth-order valence-corrected chi connectivity index (χ4v) is 13.3. The lowest BCUT2D eigenvalue weighted by Gasteiger charge is -2.09. The molecule has 2 aliphatic rings. The van der Waals surface area contributed by atoms with E-state index in [0.717, 1.165) is 113 Å². The van der Waals surface area contributed by atoms with Crippen LogP contribution in [0.2, 0.25) is 0 Å². The van der Waals surface area contributed by atoms with Gasteiger partial charge in [-0.1, -0.05) is 295 Å². The summed E-state index contributed by atoms with van der Waals surface area (Å²) in [6.45, 7) is 6.90. The van der Waals surface area contributed by atoms with Crippen molar-refractivity contribution < 1.29 is 0 Å². The number of fused-ring (bicyclic) bond motifs is 8. The molecule has 5 heterocycles. The van der Waals surface area contributed by atoms with Crippen molar-refractivity contribution in [2.24, 2.45) is 0 Å². The normalized spacial score (nSPS) is 12.0. The molecule has 4 nitrogen and oxygen atoms in total. The molecule has 85 heavy (non-hydrogen) atoms. The zero-order valence-electron chi connectivity index (χ0n) is 52.5. The van der Waals surface area contributed by atoms with Gasteiger partial charge in [-0.2, -0.15) is 0 Å². The Bertz CT molecular complexity index is 3270. The van der Waals surface area contributed by atoms with E-state index in [9.17, 15) is 0 Å². The predicted octanol–water partition coefficient (Wildman–Crippen LogP) is 25.5. The summed E-state index contributed by atoms with van der Waals surface area (Å²) < 4.78 is 1.05. The molecule has 0 saturated heterocycles. The highest BCUT2D eigenvalue weighted by Gasteiger charge is 2.20. The van der Waals surface area contributed by atoms with Crippen LogP contribution in [0.5, 0.6) is 0 Å². The van der Waals surface area contributed by atoms with Crippen LogP contribution in [0.15, 0.2) is 126 Å². The highest BCUT2D eigenvalue weighted by atomic mass is 79.9. The summed E-state index contributed by atoms with van der Waals surface area (Å²) in [4.78, 5) is 19.3. The average molecular weight is 1200 g/mol. The molecule has 0 amide bonds. The molecule has 5 heteroatoms. The van der Waals surface area contributed by atoms with Crippen molar-refractivity contribution in [3.63, 3.8) is 0 Å². The lowest BCUT2D eigenvalue weighted by atomic mass is 9.99. The number of aromatic nitrogens is 4. The molecule has 0 spiro atoms. The third-order valence-corrected chi connectivity index (χ3v) is 18.6. The number of unbranched alkanes of at least 4 members (excludes halogenated alkanes) is 27. The molecular formula is C80H101BrN4. The monoisotopic (exact) mass is 1200 g/mol. The Balaban J connectivity index is 1.08. The van der Waals surface area contributed by atoms with Gasteiger partial charge in [0.1, 0.15) is 0 Å². The molecule has 448 valence electrons. The van der Waals surface area contributed by atoms with Crippen molar-refractivity contribution in [3.8, 4) is 44.5 Å². The third kappa shape index (κ3) is 19.0. The summed E-state index contributed by atoms with van der Waals surface area (Å²) in [7, 11) is 0. The molecule has 9 rings (SSSR count). The van der Waals surface area contributed by atoms with E-state index in [0.29, 0.717) is 0 Å². The Labute approximate surface area is 521 Å². The van der Waals surface area contributed by atoms with Gasteiger partial charge in [0.25, 0.3) is 0 Å². The fraction of sp³-hybridized carbons (Fsp3) is 0.450. The molecule has 0 radical (unpaired) electrons. The van der Waals surface area contributed by atoms with Crippen molar-refractivity contribution in [2.75, 3.05) is 0 Å². The maximum atomic E-state index is 5.68. The summed E-state index contributed by atoms with van der Waals surface area (Å²) in [6, 6.07) is 45.8. The van der Waals surface area contributed by atoms with Gasteiger partial charge in [-0.3, -0.25) is 0 Å². The third-order valence-electron chi connectivity index (χ3n) is 18.1. The van der Waals surface area contributed by atoms with Gasteiger partial charge in [0.15, 0.2) is 0 Å². The van der Waals surface area contributed by atoms with E-state index in [2.05, 4.69) is 192 Å². The summed E-state index contributed by atoms with van der Waals surface area (Å²) in [5.41, 5.74) is 21.0. The first-order valence-electron chi connectivity index (χ1n) is 34.2. The zero-order valence-corrected chi connectivity index (χ0v) is 54.0. The summed E-state index contributed by atoms with van der Waals surface area (Å²) in [5.74, 6) is 0. The molecule has 3 aromatic heterocycles. The Morgan fingerprint density at radius 2 is 0.471 bits per heavy atom. The maximum Gasteiger partial charge on any atom is 0.0737 e. The first-order valence-corrected chi connectivity index (χ1v) is 35.0. The topological polar surface area (TPSA) is 57.4 Å². The van der Waals surface area contributed by atoms with Gasteiger partial charge >= 0.3 is 0 Å². The van der Waals surface area contributed by atoms with Gasteiger partial charge in [-0.05, 0) is 138 Å². The van der Waals surface area contributed by atoms with E-state index in [-0.39, 0.29) is 0 Å². The number of H-pyrrole nitrogens is 2. The molecule has 2 aliphatic heterocycles. The number of nitrogens with zero attached hydrogens (tertiary/aromatic N) is 2. The second-order valence-electron chi connectivity index (χ2n) is 24.9. The number of aryl methyl sites for hydroxylation is 3. The van der Waals surface area contributed by atoms with Gasteiger partial charge in [-0.15, -0.1) is 0 Å². The van der Waals surface area contributed by atoms with Crippen molar-refractivity contribution in [3.05, 3.63) is 165 Å². The summed E-state index contributed by atoms with van der Waals surface area (Å²) in [6.07, 6.45) is 52.8. The van der Waals surface area contributed by atoms with E-state index < -0.39 is 0 Å². The molecule has 2 N–H and O–H groups in total. The smallest absolute Gasteiger partial charge is 0.0737 e. The van der Waals surface area contributed by atoms with E-state index in [1.54, 1.807) is 0 Å². The Hall–Kier alpha value is -6.04. The molecule has 0 unspecified atom stereocenters. The second kappa shape index (κ2) is 34.9. The molecule has 7 aromatic rings. The van der Waals surface area contributed by atoms with E-state index in [1.807, 2.05) is 0 Å². The predicted molar refractivity (Wildman–Crippen MR) is 375 cm³/mol. The quantitative estimate of drug-likeness (QED) is 0.0381. The van der Waals surface area contributed by atoms with Gasteiger partial charge < -0.3 is 9.97 Å². The zero-order chi connectivity index (χ0) is 58.7. The summed E-state index contributed by atoms with van der Waals surface area (Å²) in [5, 5.41) is 0. The number of benzene rings is 4. The van der Waals surface area contributed by atoms with Gasteiger partial charge in [-0.25, -0.2) is 9.97 Å². The lowest BCUT2D eigenvalue weighted by Crippen LogP contribution is -1.91. The van der Waals surface area contributed by atoms with Gasteiger partial charge in [0.05, 0.1) is 22.8 Å². The molecule has 0 atom stereocenters. The number of nitrogens with one attached hydrogen (secondary N) is 2. The SMILES string of the molecule is CCCCCCCCCCCCc1ccc(-c2c3nc(c(-c4ccc(CCCCCCCCCCCC)cc4)c4ccc([nH]4)c(-c4ccc(CCCCCCCCCCCC)cc4)c4nc(c(-c5ccc(Br)cc5)c5ccc2[nH]5)C=C4)C=C3)cc1. The largest absolute Gasteiger partial charge is 0.354 e. The first kappa shape index (κ1) is 63.5. The van der Waals surface area contributed by atoms with Crippen LogP contribution in [0.3, 0.4) is 0 Å². The van der Waals surface area contributed by atoms with E-state index >= 15 is 0 Å². The van der Waals surface area contributed by atoms with Crippen LogP contribution in [-0.2, 0) is 19.3 Å². The Morgan fingerprint density at radius 1 is 0.259 bits per heavy atom. The highest BCUT2D eigenvalue weighted by Crippen LogP contribution is 2.39. The Morgan fingerprint density at radius 3 is 0.706 bits per heavy atom. The van der Waals surface area contributed by atoms with E-state index in [4.69, 9.17) is 9.97 Å². The maximum absolute atomic E-state index is 5.68. The van der Waals surface area contributed by atoms with Crippen LogP contribution in [0.4, 0.5) is 0 Å². The van der Waals surface area contributed by atoms with Crippen LogP contribution < -0.4 is 0 Å². The molecule has 0 fully saturated rings. The number of hydrogen-bond acceptors (Lipinski definition) is 2. The number of halogens is 1. The fourth-order valence-electron chi connectivity index (χ4n) is 13.0. The van der Waals surface area contributed by atoms with Crippen LogP contribution in [0, 0.1) is 0 Å². The molecule has 4 aromatic carbocycles. The minimum Gasteiger partial charge on any atom is -0.354 e. The minimum absolute atomic E-state index is 0.927. The average Bonchev–Trinajstić information content (AvgIpc) is 2.98. The molecule has 0 saturated carbocycles. The lowest BCUT2D eigenvalue weighted by molar-refractivity contribution is 0.556. The van der Waals surface area contributed by atoms with Crippen LogP contribution in [-0.4, -0.2) is 19.9 Å². The summed E-state index contributed by atoms with van der Waals surface area (Å²) >= 11 is 3.73. The van der Waals surface area contributed by atoms with Gasteiger partial charge in [0, 0.05) is 48.8 Å². The van der Waals surface area contributed by atoms with Gasteiger partial charge in [0.2, 0.25) is 0 Å². The molecule has 0 aliphatic carbocycles. The first-order chi connectivity index (χ1) is 42.0. The van der Waals surface area contributed by atoms with Crippen LogP contribution >= 0.6 is 15.9 Å². The Kier molecular flexibility index (Phi) is 26.1. The van der Waals surface area contributed by atoms with E-state index in [1.165, 1.54) is 209 Å². The van der Waals surface area contributed by atoms with Crippen molar-refractivity contribution in [1.29, 1.82) is 0 Å². The van der Waals surface area contributed by atoms with Crippen molar-refractivity contribution in [2.45, 2.75) is 233 Å². The molecule has 8 bridgehead atoms. The minimum atomic E-state index is 0.927. The molecular weight excluding hydrogens is 1100 g/mol. The standard InChI is InChI=1S/C80H101BrN4/c1-4-7-10-13-16-19-22-25-28-31-34-61-37-43-64(44-38-61)77-69-53-55-71(82-69)78(65-45-39-62(40-46-65)35-32-29-26-23-20-17-14-11-8-5-2)73-57-59-75(84-73)80(67-49-51-68(81)52-50-67)76-60-58-74(85-76)79(72-56-54-70(77)83-72)66-47-41-63(42-48-66)36-33-30-27-24-21-18-15-12-9-6-3/h37-60,82,85H,4-36H2,1-3H3. The van der Waals surface area contributed by atoms with Crippen molar-refractivity contribution >= 4 is 62.3 Å². The number of rotatable bonds is 37. The number of aromatic amines is 2. The van der Waals surface area contributed by atoms with Crippen LogP contribution in [0.25, 0.3) is 90.9 Å². The number of hydrogen-bond donors (Lipinski definition) is 2. The van der Waals surface area contributed by atoms with Crippen molar-refractivity contribution in [1.82, 2.24) is 19.9 Å².